The Morgan fingerprint density at radius 3 is 2.69 bits per heavy atom. The summed E-state index contributed by atoms with van der Waals surface area (Å²) in [6.45, 7) is 0. The predicted octanol–water partition coefficient (Wildman–Crippen LogP) is 1.94. The Hall–Kier alpha value is -1.36. The quantitative estimate of drug-likeness (QED) is 0.843. The van der Waals surface area contributed by atoms with Gasteiger partial charge in [0.15, 0.2) is 5.15 Å². The topological polar surface area (TPSA) is 75.1 Å². The number of carboxylic acid groups (broad SMARTS) is 1. The minimum Gasteiger partial charge on any atom is -0.481 e. The molecule has 16 heavy (non-hydrogen) atoms. The van der Waals surface area contributed by atoms with Crippen LogP contribution in [0.3, 0.4) is 0 Å². The van der Waals surface area contributed by atoms with E-state index in [-0.39, 0.29) is 12.0 Å². The SMILES string of the molecule is O=C(O)CC1(Nc2ccc(Cl)nn2)CCC1. The van der Waals surface area contributed by atoms with Gasteiger partial charge in [0.2, 0.25) is 0 Å². The molecule has 0 spiro atoms. The summed E-state index contributed by atoms with van der Waals surface area (Å²) in [5.41, 5.74) is -0.353. The van der Waals surface area contributed by atoms with E-state index in [1.165, 1.54) is 0 Å². The third kappa shape index (κ3) is 2.41. The number of aliphatic carboxylic acids is 1. The molecule has 0 atom stereocenters. The molecule has 2 N–H and O–H groups in total. The van der Waals surface area contributed by atoms with Crippen LogP contribution in [0.5, 0.6) is 0 Å². The predicted molar refractivity (Wildman–Crippen MR) is 59.5 cm³/mol. The standard InChI is InChI=1S/C10H12ClN3O2/c11-7-2-3-8(14-13-7)12-10(4-1-5-10)6-9(15)16/h2-3H,1,4-6H2,(H,12,14)(H,15,16). The van der Waals surface area contributed by atoms with Gasteiger partial charge in [0.05, 0.1) is 6.42 Å². The van der Waals surface area contributed by atoms with Crippen LogP contribution >= 0.6 is 11.6 Å². The molecule has 0 saturated heterocycles. The zero-order valence-electron chi connectivity index (χ0n) is 8.61. The maximum atomic E-state index is 10.8. The van der Waals surface area contributed by atoms with E-state index in [4.69, 9.17) is 16.7 Å². The molecule has 0 amide bonds. The summed E-state index contributed by atoms with van der Waals surface area (Å²) in [6.07, 6.45) is 2.85. The average molecular weight is 242 g/mol. The molecule has 6 heteroatoms. The summed E-state index contributed by atoms with van der Waals surface area (Å²) in [7, 11) is 0. The van der Waals surface area contributed by atoms with Crippen molar-refractivity contribution in [1.29, 1.82) is 0 Å². The number of carboxylic acids is 1. The number of aromatic nitrogens is 2. The van der Waals surface area contributed by atoms with Crippen LogP contribution in [0.4, 0.5) is 5.82 Å². The first kappa shape index (κ1) is 11.1. The second-order valence-corrected chi connectivity index (χ2v) is 4.46. The smallest absolute Gasteiger partial charge is 0.305 e. The normalized spacial score (nSPS) is 17.6. The fraction of sp³-hybridized carbons (Fsp3) is 0.500. The number of nitrogens with one attached hydrogen (secondary N) is 1. The van der Waals surface area contributed by atoms with Crippen LogP contribution in [-0.2, 0) is 4.79 Å². The number of hydrogen-bond acceptors (Lipinski definition) is 4. The van der Waals surface area contributed by atoms with Crippen molar-refractivity contribution in [2.45, 2.75) is 31.2 Å². The van der Waals surface area contributed by atoms with Crippen LogP contribution in [-0.4, -0.2) is 26.8 Å². The Morgan fingerprint density at radius 1 is 1.50 bits per heavy atom. The molecule has 1 fully saturated rings. The molecule has 1 heterocycles. The van der Waals surface area contributed by atoms with E-state index < -0.39 is 5.97 Å². The highest BCUT2D eigenvalue weighted by atomic mass is 35.5. The maximum absolute atomic E-state index is 10.8. The van der Waals surface area contributed by atoms with Crippen molar-refractivity contribution in [3.63, 3.8) is 0 Å². The minimum absolute atomic E-state index is 0.108. The second kappa shape index (κ2) is 4.25. The van der Waals surface area contributed by atoms with Crippen LogP contribution in [0.25, 0.3) is 0 Å². The van der Waals surface area contributed by atoms with Crippen molar-refractivity contribution in [1.82, 2.24) is 10.2 Å². The molecule has 0 aliphatic heterocycles. The molecule has 2 rings (SSSR count). The average Bonchev–Trinajstić information content (AvgIpc) is 2.17. The van der Waals surface area contributed by atoms with E-state index in [0.29, 0.717) is 11.0 Å². The van der Waals surface area contributed by atoms with Gasteiger partial charge in [-0.2, -0.15) is 0 Å². The fourth-order valence-corrected chi connectivity index (χ4v) is 1.99. The summed E-state index contributed by atoms with van der Waals surface area (Å²) in [5, 5.41) is 19.9. The van der Waals surface area contributed by atoms with Crippen molar-refractivity contribution in [2.75, 3.05) is 5.32 Å². The van der Waals surface area contributed by atoms with Crippen molar-refractivity contribution in [3.05, 3.63) is 17.3 Å². The third-order valence-corrected chi connectivity index (χ3v) is 3.03. The van der Waals surface area contributed by atoms with Gasteiger partial charge in [-0.1, -0.05) is 11.6 Å². The molecule has 1 aromatic heterocycles. The Morgan fingerprint density at radius 2 is 2.25 bits per heavy atom. The molecular weight excluding hydrogens is 230 g/mol. The zero-order valence-corrected chi connectivity index (χ0v) is 9.37. The first-order valence-corrected chi connectivity index (χ1v) is 5.47. The number of halogens is 1. The molecule has 0 bridgehead atoms. The maximum Gasteiger partial charge on any atom is 0.305 e. The number of carbonyl (C=O) groups is 1. The van der Waals surface area contributed by atoms with Gasteiger partial charge in [0.25, 0.3) is 0 Å². The molecule has 0 aromatic carbocycles. The zero-order chi connectivity index (χ0) is 11.6. The van der Waals surface area contributed by atoms with Gasteiger partial charge in [0, 0.05) is 5.54 Å². The molecule has 0 unspecified atom stereocenters. The van der Waals surface area contributed by atoms with Crippen LogP contribution < -0.4 is 5.32 Å². The van der Waals surface area contributed by atoms with Gasteiger partial charge in [-0.25, -0.2) is 0 Å². The fourth-order valence-electron chi connectivity index (χ4n) is 1.89. The monoisotopic (exact) mass is 241 g/mol. The highest BCUT2D eigenvalue weighted by Crippen LogP contribution is 2.37. The number of rotatable bonds is 4. The van der Waals surface area contributed by atoms with E-state index in [0.717, 1.165) is 19.3 Å². The second-order valence-electron chi connectivity index (χ2n) is 4.07. The van der Waals surface area contributed by atoms with Gasteiger partial charge in [-0.05, 0) is 31.4 Å². The highest BCUT2D eigenvalue weighted by molar-refractivity contribution is 6.29. The molecule has 5 nitrogen and oxygen atoms in total. The molecule has 1 saturated carbocycles. The molecule has 86 valence electrons. The van der Waals surface area contributed by atoms with Gasteiger partial charge in [-0.15, -0.1) is 10.2 Å². The summed E-state index contributed by atoms with van der Waals surface area (Å²) < 4.78 is 0. The Bertz CT molecular complexity index is 390. The Balaban J connectivity index is 2.06. The molecule has 1 aliphatic carbocycles. The van der Waals surface area contributed by atoms with Gasteiger partial charge < -0.3 is 10.4 Å². The first-order valence-electron chi connectivity index (χ1n) is 5.09. The van der Waals surface area contributed by atoms with Crippen molar-refractivity contribution in [2.24, 2.45) is 0 Å². The Labute approximate surface area is 97.8 Å². The number of nitrogens with zero attached hydrogens (tertiary/aromatic N) is 2. The summed E-state index contributed by atoms with van der Waals surface area (Å²) in [4.78, 5) is 10.8. The largest absolute Gasteiger partial charge is 0.481 e. The summed E-state index contributed by atoms with van der Waals surface area (Å²) >= 11 is 5.62. The van der Waals surface area contributed by atoms with Crippen LogP contribution in [0.2, 0.25) is 5.15 Å². The molecule has 1 aliphatic rings. The Kier molecular flexibility index (Phi) is 2.96. The van der Waals surface area contributed by atoms with E-state index in [9.17, 15) is 4.79 Å². The molecule has 1 aromatic rings. The van der Waals surface area contributed by atoms with Crippen molar-refractivity contribution in [3.8, 4) is 0 Å². The summed E-state index contributed by atoms with van der Waals surface area (Å²) in [5.74, 6) is -0.223. The first-order chi connectivity index (χ1) is 7.60. The highest BCUT2D eigenvalue weighted by Gasteiger charge is 2.39. The van der Waals surface area contributed by atoms with Gasteiger partial charge in [0.1, 0.15) is 5.82 Å². The lowest BCUT2D eigenvalue weighted by atomic mass is 9.74. The van der Waals surface area contributed by atoms with E-state index in [1.807, 2.05) is 0 Å². The lowest BCUT2D eigenvalue weighted by Crippen LogP contribution is -2.47. The van der Waals surface area contributed by atoms with E-state index in [2.05, 4.69) is 15.5 Å². The van der Waals surface area contributed by atoms with Crippen molar-refractivity contribution < 1.29 is 9.90 Å². The van der Waals surface area contributed by atoms with Gasteiger partial charge >= 0.3 is 5.97 Å². The lowest BCUT2D eigenvalue weighted by Gasteiger charge is -2.41. The van der Waals surface area contributed by atoms with Crippen LogP contribution in [0.1, 0.15) is 25.7 Å². The van der Waals surface area contributed by atoms with Gasteiger partial charge in [-0.3, -0.25) is 4.79 Å². The van der Waals surface area contributed by atoms with Crippen LogP contribution in [0, 0.1) is 0 Å². The third-order valence-electron chi connectivity index (χ3n) is 2.83. The minimum atomic E-state index is -0.797. The van der Waals surface area contributed by atoms with Crippen molar-refractivity contribution >= 4 is 23.4 Å². The van der Waals surface area contributed by atoms with E-state index in [1.54, 1.807) is 12.1 Å². The van der Waals surface area contributed by atoms with E-state index >= 15 is 0 Å². The number of anilines is 1. The molecule has 0 radical (unpaired) electrons. The van der Waals surface area contributed by atoms with Crippen LogP contribution in [0.15, 0.2) is 12.1 Å². The number of hydrogen-bond donors (Lipinski definition) is 2. The lowest BCUT2D eigenvalue weighted by molar-refractivity contribution is -0.138. The molecular formula is C10H12ClN3O2. The summed E-state index contributed by atoms with van der Waals surface area (Å²) in [6, 6.07) is 3.33.